The van der Waals surface area contributed by atoms with Gasteiger partial charge in [-0.1, -0.05) is 243 Å². The Bertz CT molecular complexity index is 3950. The smallest absolute Gasteiger partial charge is 0.252 e. The van der Waals surface area contributed by atoms with Gasteiger partial charge in [0.15, 0.2) is 0 Å². The lowest BCUT2D eigenvalue weighted by molar-refractivity contribution is 0.589. The maximum Gasteiger partial charge on any atom is 0.252 e. The fraction of sp³-hybridized carbons (Fsp3) is 0.263. The van der Waals surface area contributed by atoms with E-state index in [1.165, 1.54) is 128 Å². The zero-order valence-electron chi connectivity index (χ0n) is 49.4. The summed E-state index contributed by atoms with van der Waals surface area (Å²) in [6.07, 6.45) is 0. The third kappa shape index (κ3) is 9.08. The van der Waals surface area contributed by atoms with Gasteiger partial charge in [0.25, 0.3) is 6.71 Å². The Morgan fingerprint density at radius 1 is 0.266 bits per heavy atom. The first-order chi connectivity index (χ1) is 37.3. The van der Waals surface area contributed by atoms with Crippen molar-refractivity contribution in [3.8, 4) is 33.4 Å². The molecule has 0 aliphatic carbocycles. The number of nitrogens with zero attached hydrogens (tertiary/aromatic N) is 2. The Labute approximate surface area is 472 Å². The first-order valence-corrected chi connectivity index (χ1v) is 28.8. The first kappa shape index (κ1) is 52.1. The topological polar surface area (TPSA) is 6.48 Å². The van der Waals surface area contributed by atoms with E-state index < -0.39 is 0 Å². The fourth-order valence-electron chi connectivity index (χ4n) is 12.6. The lowest BCUT2D eigenvalue weighted by atomic mass is 9.33. The molecule has 10 aromatic carbocycles. The van der Waals surface area contributed by atoms with Crippen molar-refractivity contribution in [2.24, 2.45) is 0 Å². The Morgan fingerprint density at radius 3 is 1.11 bits per heavy atom. The molecule has 394 valence electrons. The second-order valence-electron chi connectivity index (χ2n) is 27.9. The number of rotatable bonds is 5. The number of hydrogen-bond acceptors (Lipinski definition) is 2. The van der Waals surface area contributed by atoms with Crippen LogP contribution in [0.15, 0.2) is 194 Å². The van der Waals surface area contributed by atoms with Crippen LogP contribution < -0.4 is 26.2 Å². The van der Waals surface area contributed by atoms with Crippen molar-refractivity contribution in [2.75, 3.05) is 9.80 Å². The molecule has 0 saturated carbocycles. The predicted molar refractivity (Wildman–Crippen MR) is 345 cm³/mol. The molecular weight excluding hydrogens is 952 g/mol. The monoisotopic (exact) mass is 1030 g/mol. The van der Waals surface area contributed by atoms with Gasteiger partial charge in [0.2, 0.25) is 0 Å². The van der Waals surface area contributed by atoms with Crippen LogP contribution in [0.5, 0.6) is 0 Å². The molecule has 0 spiro atoms. The standard InChI is InChI=1S/C76H77BN2/c1-72(2,3)52-30-27-48(28-31-52)69-59-23-16-18-25-61(59)70(62-26-19-17-24-60(62)69)51-22-20-21-49(43-51)50-29-42-65-64(44-50)77-63-41-36-55(75(10,11)12)45-66(63)79(58-39-34-54(35-40-58)74(7,8)9)68-47-56(76(13,14)15)46-67(71(68)77)78(65)57-37-32-53(33-38-57)73(4,5)6/h16-47H,1-15H3. The normalized spacial score (nSPS) is 13.7. The number of anilines is 6. The Morgan fingerprint density at radius 2 is 0.646 bits per heavy atom. The van der Waals surface area contributed by atoms with Crippen LogP contribution in [0.1, 0.15) is 132 Å². The van der Waals surface area contributed by atoms with Gasteiger partial charge in [-0.25, -0.2) is 0 Å². The third-order valence-electron chi connectivity index (χ3n) is 17.2. The summed E-state index contributed by atoms with van der Waals surface area (Å²) in [4.78, 5) is 5.18. The molecule has 0 radical (unpaired) electrons. The minimum atomic E-state index is -0.123. The van der Waals surface area contributed by atoms with E-state index in [1.54, 1.807) is 0 Å². The minimum absolute atomic E-state index is 0.0236. The van der Waals surface area contributed by atoms with Crippen molar-refractivity contribution in [1.29, 1.82) is 0 Å². The van der Waals surface area contributed by atoms with Crippen LogP contribution in [0.3, 0.4) is 0 Å². The van der Waals surface area contributed by atoms with Crippen LogP contribution in [-0.4, -0.2) is 6.71 Å². The second-order valence-corrected chi connectivity index (χ2v) is 27.9. The van der Waals surface area contributed by atoms with Crippen molar-refractivity contribution in [3.63, 3.8) is 0 Å². The predicted octanol–water partition coefficient (Wildman–Crippen LogP) is 19.6. The molecule has 0 fully saturated rings. The molecule has 0 unspecified atom stereocenters. The maximum atomic E-state index is 2.60. The van der Waals surface area contributed by atoms with Crippen LogP contribution in [0.2, 0.25) is 0 Å². The van der Waals surface area contributed by atoms with Gasteiger partial charge in [0.1, 0.15) is 0 Å². The molecule has 0 atom stereocenters. The van der Waals surface area contributed by atoms with Crippen LogP contribution in [-0.2, 0) is 27.1 Å². The van der Waals surface area contributed by atoms with E-state index in [1.807, 2.05) is 0 Å². The molecule has 0 N–H and O–H groups in total. The van der Waals surface area contributed by atoms with E-state index in [4.69, 9.17) is 0 Å². The van der Waals surface area contributed by atoms with Gasteiger partial charge in [-0.15, -0.1) is 0 Å². The van der Waals surface area contributed by atoms with Gasteiger partial charge in [-0.05, 0) is 181 Å². The van der Waals surface area contributed by atoms with Crippen molar-refractivity contribution in [2.45, 2.75) is 131 Å². The van der Waals surface area contributed by atoms with E-state index in [-0.39, 0.29) is 33.8 Å². The van der Waals surface area contributed by atoms with E-state index in [0.717, 1.165) is 5.69 Å². The van der Waals surface area contributed by atoms with Gasteiger partial charge < -0.3 is 9.80 Å². The Balaban J connectivity index is 1.09. The lowest BCUT2D eigenvalue weighted by Crippen LogP contribution is -2.61. The summed E-state index contributed by atoms with van der Waals surface area (Å²) in [6.45, 7) is 34.8. The fourth-order valence-corrected chi connectivity index (χ4v) is 12.6. The molecule has 2 aliphatic heterocycles. The van der Waals surface area contributed by atoms with Crippen LogP contribution in [0, 0.1) is 0 Å². The molecular formula is C76H77BN2. The highest BCUT2D eigenvalue weighted by atomic mass is 15.2. The minimum Gasteiger partial charge on any atom is -0.311 e. The quantitative estimate of drug-likeness (QED) is 0.125. The highest BCUT2D eigenvalue weighted by Gasteiger charge is 2.45. The highest BCUT2D eigenvalue weighted by molar-refractivity contribution is 7.00. The Kier molecular flexibility index (Phi) is 12.2. The summed E-state index contributed by atoms with van der Waals surface area (Å²) in [7, 11) is 0. The number of hydrogen-bond donors (Lipinski definition) is 0. The van der Waals surface area contributed by atoms with Crippen molar-refractivity contribution in [1.82, 2.24) is 0 Å². The summed E-state index contributed by atoms with van der Waals surface area (Å²) < 4.78 is 0. The SMILES string of the molecule is CC(C)(C)c1ccc(-c2c3ccccc3c(-c3cccc(-c4ccc5c(c4)B4c6ccc(C(C)(C)C)cc6N(c6ccc(C(C)(C)C)cc6)c6cc(C(C)(C)C)cc(c64)N5c4ccc(C(C)(C)C)cc4)c3)c3ccccc23)cc1. The summed E-state index contributed by atoms with van der Waals surface area (Å²) >= 11 is 0. The summed E-state index contributed by atoms with van der Waals surface area (Å²) in [5.74, 6) is 0. The van der Waals surface area contributed by atoms with E-state index in [0.29, 0.717) is 0 Å². The largest absolute Gasteiger partial charge is 0.311 e. The van der Waals surface area contributed by atoms with Gasteiger partial charge in [-0.2, -0.15) is 0 Å². The molecule has 2 aliphatic rings. The van der Waals surface area contributed by atoms with E-state index >= 15 is 0 Å². The molecule has 79 heavy (non-hydrogen) atoms. The van der Waals surface area contributed by atoms with Gasteiger partial charge in [-0.3, -0.25) is 0 Å². The summed E-state index contributed by atoms with van der Waals surface area (Å²) in [6, 6.07) is 75.3. The highest BCUT2D eigenvalue weighted by Crippen LogP contribution is 2.49. The van der Waals surface area contributed by atoms with E-state index in [2.05, 4.69) is 308 Å². The first-order valence-electron chi connectivity index (χ1n) is 28.8. The van der Waals surface area contributed by atoms with Gasteiger partial charge >= 0.3 is 0 Å². The number of fused-ring (bicyclic) bond motifs is 6. The van der Waals surface area contributed by atoms with Gasteiger partial charge in [0, 0.05) is 34.1 Å². The van der Waals surface area contributed by atoms with Crippen LogP contribution >= 0.6 is 0 Å². The lowest BCUT2D eigenvalue weighted by Gasteiger charge is -2.45. The van der Waals surface area contributed by atoms with E-state index in [9.17, 15) is 0 Å². The molecule has 2 heterocycles. The van der Waals surface area contributed by atoms with Gasteiger partial charge in [0.05, 0.1) is 0 Å². The zero-order chi connectivity index (χ0) is 55.7. The maximum absolute atomic E-state index is 2.60. The molecule has 0 saturated heterocycles. The summed E-state index contributed by atoms with van der Waals surface area (Å²) in [5.41, 5.74) is 25.3. The second kappa shape index (κ2) is 18.5. The van der Waals surface area contributed by atoms with Crippen LogP contribution in [0.25, 0.3) is 54.9 Å². The third-order valence-corrected chi connectivity index (χ3v) is 17.2. The molecule has 10 aromatic rings. The van der Waals surface area contributed by atoms with Crippen LogP contribution in [0.4, 0.5) is 34.1 Å². The molecule has 0 amide bonds. The summed E-state index contributed by atoms with van der Waals surface area (Å²) in [5, 5.41) is 5.06. The van der Waals surface area contributed by atoms with Crippen molar-refractivity contribution in [3.05, 3.63) is 222 Å². The molecule has 12 rings (SSSR count). The average Bonchev–Trinajstić information content (AvgIpc) is 3.60. The molecule has 2 nitrogen and oxygen atoms in total. The Hall–Kier alpha value is -7.62. The van der Waals surface area contributed by atoms with Crippen molar-refractivity contribution < 1.29 is 0 Å². The molecule has 3 heteroatoms. The van der Waals surface area contributed by atoms with Crippen molar-refractivity contribution >= 4 is 78.8 Å². The average molecular weight is 1030 g/mol. The molecule has 0 bridgehead atoms. The molecule has 0 aromatic heterocycles. The zero-order valence-corrected chi connectivity index (χ0v) is 49.4. The number of benzene rings is 10.